The average Bonchev–Trinajstić information content (AvgIpc) is 3.43. The van der Waals surface area contributed by atoms with Crippen molar-refractivity contribution in [1.29, 1.82) is 0 Å². The number of likely N-dealkylation sites (tertiary alicyclic amines) is 1. The van der Waals surface area contributed by atoms with Gasteiger partial charge in [-0.15, -0.1) is 0 Å². The lowest BCUT2D eigenvalue weighted by Crippen LogP contribution is -2.60. The fourth-order valence-electron chi connectivity index (χ4n) is 5.60. The van der Waals surface area contributed by atoms with Gasteiger partial charge in [0, 0.05) is 18.2 Å². The second-order valence-electron chi connectivity index (χ2n) is 11.1. The predicted octanol–water partition coefficient (Wildman–Crippen LogP) is 3.09. The van der Waals surface area contributed by atoms with Crippen LogP contribution >= 0.6 is 0 Å². The summed E-state index contributed by atoms with van der Waals surface area (Å²) in [5.74, 6) is 0.0105. The summed E-state index contributed by atoms with van der Waals surface area (Å²) >= 11 is 0. The molecule has 3 unspecified atom stereocenters. The summed E-state index contributed by atoms with van der Waals surface area (Å²) in [5.41, 5.74) is 0.210. The van der Waals surface area contributed by atoms with E-state index in [9.17, 15) is 14.4 Å². The normalized spacial score (nSPS) is 23.6. The van der Waals surface area contributed by atoms with Gasteiger partial charge in [0.05, 0.1) is 12.1 Å². The second kappa shape index (κ2) is 9.97. The number of nitrogens with one attached hydrogen (secondary N) is 3. The van der Waals surface area contributed by atoms with E-state index >= 15 is 0 Å². The molecule has 3 N–H and O–H groups in total. The van der Waals surface area contributed by atoms with Crippen LogP contribution in [0.5, 0.6) is 0 Å². The van der Waals surface area contributed by atoms with Crippen LogP contribution < -0.4 is 16.0 Å². The molecule has 1 heterocycles. The third-order valence-corrected chi connectivity index (χ3v) is 7.70. The zero-order valence-corrected chi connectivity index (χ0v) is 21.4. The van der Waals surface area contributed by atoms with Crippen LogP contribution in [0.1, 0.15) is 57.3 Å². The summed E-state index contributed by atoms with van der Waals surface area (Å²) < 4.78 is 0. The Bertz CT molecular complexity index is 1100. The van der Waals surface area contributed by atoms with Crippen molar-refractivity contribution in [2.45, 2.75) is 71.1 Å². The monoisotopic (exact) mass is 478 g/mol. The van der Waals surface area contributed by atoms with E-state index in [0.29, 0.717) is 18.0 Å². The van der Waals surface area contributed by atoms with Gasteiger partial charge < -0.3 is 20.9 Å². The number of amides is 3. The van der Waals surface area contributed by atoms with Crippen molar-refractivity contribution in [2.75, 3.05) is 13.6 Å². The maximum atomic E-state index is 13.8. The summed E-state index contributed by atoms with van der Waals surface area (Å²) in [6, 6.07) is 12.5. The Morgan fingerprint density at radius 2 is 1.71 bits per heavy atom. The average molecular weight is 479 g/mol. The van der Waals surface area contributed by atoms with Crippen molar-refractivity contribution in [1.82, 2.24) is 20.9 Å². The third kappa shape index (κ3) is 5.06. The molecule has 7 heteroatoms. The van der Waals surface area contributed by atoms with Gasteiger partial charge in [0.15, 0.2) is 0 Å². The Morgan fingerprint density at radius 3 is 2.43 bits per heavy atom. The van der Waals surface area contributed by atoms with Crippen LogP contribution in [0.15, 0.2) is 42.5 Å². The number of carbonyl (C=O) groups excluding carboxylic acids is 3. The van der Waals surface area contributed by atoms with Gasteiger partial charge in [-0.2, -0.15) is 0 Å². The van der Waals surface area contributed by atoms with Gasteiger partial charge in [-0.05, 0) is 61.4 Å². The van der Waals surface area contributed by atoms with E-state index in [-0.39, 0.29) is 29.8 Å². The molecule has 0 radical (unpaired) electrons. The molecule has 3 amide bonds. The number of fused-ring (bicyclic) bond motifs is 2. The van der Waals surface area contributed by atoms with Crippen LogP contribution in [0.4, 0.5) is 0 Å². The molecular weight excluding hydrogens is 440 g/mol. The first-order valence-electron chi connectivity index (χ1n) is 12.7. The highest BCUT2D eigenvalue weighted by Crippen LogP contribution is 2.39. The van der Waals surface area contributed by atoms with E-state index in [1.54, 1.807) is 14.0 Å². The molecule has 1 saturated carbocycles. The number of hydrogen-bond donors (Lipinski definition) is 3. The molecule has 0 bridgehead atoms. The zero-order valence-electron chi connectivity index (χ0n) is 21.4. The Morgan fingerprint density at radius 1 is 1.00 bits per heavy atom. The van der Waals surface area contributed by atoms with Crippen LogP contribution in [0.25, 0.3) is 10.8 Å². The van der Waals surface area contributed by atoms with Gasteiger partial charge in [0.25, 0.3) is 5.91 Å². The van der Waals surface area contributed by atoms with Gasteiger partial charge in [0.2, 0.25) is 11.8 Å². The number of benzene rings is 2. The smallest absolute Gasteiger partial charge is 0.252 e. The summed E-state index contributed by atoms with van der Waals surface area (Å²) in [5, 5.41) is 11.1. The van der Waals surface area contributed by atoms with Crippen molar-refractivity contribution in [3.63, 3.8) is 0 Å². The topological polar surface area (TPSA) is 90.5 Å². The first kappa shape index (κ1) is 25.2. The molecule has 2 fully saturated rings. The maximum absolute atomic E-state index is 13.8. The number of carbonyl (C=O) groups is 3. The van der Waals surface area contributed by atoms with E-state index in [0.717, 1.165) is 30.0 Å². The van der Waals surface area contributed by atoms with E-state index in [1.807, 2.05) is 68.1 Å². The van der Waals surface area contributed by atoms with Crippen molar-refractivity contribution >= 4 is 28.5 Å². The Balaban J connectivity index is 1.54. The van der Waals surface area contributed by atoms with Crippen molar-refractivity contribution in [3.05, 3.63) is 48.0 Å². The molecule has 7 nitrogen and oxygen atoms in total. The first-order valence-corrected chi connectivity index (χ1v) is 12.7. The Kier molecular flexibility index (Phi) is 7.17. The second-order valence-corrected chi connectivity index (χ2v) is 11.1. The molecule has 5 atom stereocenters. The number of rotatable bonds is 6. The molecule has 35 heavy (non-hydrogen) atoms. The van der Waals surface area contributed by atoms with Crippen LogP contribution in [0, 0.1) is 11.3 Å². The Hall–Kier alpha value is -2.93. The summed E-state index contributed by atoms with van der Waals surface area (Å²) in [7, 11) is 1.73. The highest BCUT2D eigenvalue weighted by atomic mass is 16.2. The lowest BCUT2D eigenvalue weighted by Gasteiger charge is -2.38. The van der Waals surface area contributed by atoms with Gasteiger partial charge in [-0.1, -0.05) is 57.2 Å². The quantitative estimate of drug-likeness (QED) is 0.595. The molecule has 0 spiro atoms. The largest absolute Gasteiger partial charge is 0.347 e. The summed E-state index contributed by atoms with van der Waals surface area (Å²) in [6.45, 7) is 8.35. The minimum Gasteiger partial charge on any atom is -0.347 e. The minimum absolute atomic E-state index is 0.0510. The Labute approximate surface area is 208 Å². The van der Waals surface area contributed by atoms with Crippen molar-refractivity contribution in [3.8, 4) is 0 Å². The predicted molar refractivity (Wildman–Crippen MR) is 138 cm³/mol. The SMILES string of the molecule is CN[C@@H](C)C(=O)N[C@H](C(=O)N1CCC2CCC(NC(=O)c3cccc4ccccc34)C21)C(C)(C)C. The molecule has 188 valence electrons. The van der Waals surface area contributed by atoms with E-state index in [2.05, 4.69) is 16.0 Å². The van der Waals surface area contributed by atoms with E-state index in [4.69, 9.17) is 0 Å². The third-order valence-electron chi connectivity index (χ3n) is 7.70. The van der Waals surface area contributed by atoms with Gasteiger partial charge >= 0.3 is 0 Å². The molecule has 0 aromatic heterocycles. The fraction of sp³-hybridized carbons (Fsp3) is 0.536. The molecule has 1 aliphatic heterocycles. The summed E-state index contributed by atoms with van der Waals surface area (Å²) in [4.78, 5) is 41.8. The maximum Gasteiger partial charge on any atom is 0.252 e. The lowest BCUT2D eigenvalue weighted by atomic mass is 9.85. The van der Waals surface area contributed by atoms with Gasteiger partial charge in [0.1, 0.15) is 6.04 Å². The molecule has 1 saturated heterocycles. The molecule has 1 aliphatic carbocycles. The highest BCUT2D eigenvalue weighted by molar-refractivity contribution is 6.07. The van der Waals surface area contributed by atoms with Crippen LogP contribution in [0.2, 0.25) is 0 Å². The zero-order chi connectivity index (χ0) is 25.3. The number of hydrogen-bond acceptors (Lipinski definition) is 4. The minimum atomic E-state index is -0.639. The molecule has 2 aromatic rings. The highest BCUT2D eigenvalue weighted by Gasteiger charge is 2.49. The van der Waals surface area contributed by atoms with Crippen molar-refractivity contribution in [2.24, 2.45) is 11.3 Å². The van der Waals surface area contributed by atoms with Crippen LogP contribution in [0.3, 0.4) is 0 Å². The van der Waals surface area contributed by atoms with E-state index < -0.39 is 17.5 Å². The first-order chi connectivity index (χ1) is 16.6. The van der Waals surface area contributed by atoms with Gasteiger partial charge in [-0.3, -0.25) is 14.4 Å². The molecule has 2 aliphatic rings. The van der Waals surface area contributed by atoms with Crippen LogP contribution in [-0.4, -0.2) is 60.4 Å². The molecule has 4 rings (SSSR count). The summed E-state index contributed by atoms with van der Waals surface area (Å²) in [6.07, 6.45) is 2.76. The van der Waals surface area contributed by atoms with Crippen LogP contribution in [-0.2, 0) is 9.59 Å². The standard InChI is InChI=1S/C28H38N4O3/c1-17(29-5)25(33)31-24(28(2,3)4)27(35)32-16-15-19-13-14-22(23(19)32)30-26(34)21-12-8-10-18-9-6-7-11-20(18)21/h6-12,17,19,22-24,29H,13-16H2,1-5H3,(H,30,34)(H,31,33)/t17-,19?,22?,23?,24+/m0/s1. The fourth-order valence-corrected chi connectivity index (χ4v) is 5.60. The number of likely N-dealkylation sites (N-methyl/N-ethyl adjacent to an activating group) is 1. The number of nitrogens with zero attached hydrogens (tertiary/aromatic N) is 1. The van der Waals surface area contributed by atoms with E-state index in [1.165, 1.54) is 0 Å². The van der Waals surface area contributed by atoms with Crippen molar-refractivity contribution < 1.29 is 14.4 Å². The lowest BCUT2D eigenvalue weighted by molar-refractivity contribution is -0.141. The molecule has 2 aromatic carbocycles. The van der Waals surface area contributed by atoms with Gasteiger partial charge in [-0.25, -0.2) is 0 Å². The molecular formula is C28H38N4O3.